The van der Waals surface area contributed by atoms with Gasteiger partial charge in [-0.1, -0.05) is 181 Å². The smallest absolute Gasteiger partial charge is 0.306 e. The summed E-state index contributed by atoms with van der Waals surface area (Å²) in [4.78, 5) is 37.9. The Hall–Kier alpha value is -4.19. The fourth-order valence-electron chi connectivity index (χ4n) is 6.23. The van der Waals surface area contributed by atoms with E-state index in [1.165, 1.54) is 25.7 Å². The van der Waals surface area contributed by atoms with Crippen LogP contribution >= 0.6 is 0 Å². The maximum atomic E-state index is 12.8. The van der Waals surface area contributed by atoms with Crippen molar-refractivity contribution in [1.29, 1.82) is 0 Å². The lowest BCUT2D eigenvalue weighted by Crippen LogP contribution is -2.30. The molecular formula is C57H90O6. The number of hydrogen-bond acceptors (Lipinski definition) is 6. The van der Waals surface area contributed by atoms with Gasteiger partial charge in [-0.05, 0) is 122 Å². The highest BCUT2D eigenvalue weighted by Crippen LogP contribution is 2.11. The van der Waals surface area contributed by atoms with Gasteiger partial charge in [-0.3, -0.25) is 14.4 Å². The van der Waals surface area contributed by atoms with Gasteiger partial charge < -0.3 is 14.2 Å². The first-order valence-corrected chi connectivity index (χ1v) is 25.0. The molecule has 63 heavy (non-hydrogen) atoms. The Morgan fingerprint density at radius 1 is 0.333 bits per heavy atom. The Kier molecular flexibility index (Phi) is 47.1. The van der Waals surface area contributed by atoms with E-state index in [4.69, 9.17) is 14.2 Å². The molecular weight excluding hydrogens is 781 g/mol. The predicted octanol–water partition coefficient (Wildman–Crippen LogP) is 16.5. The maximum Gasteiger partial charge on any atom is 0.306 e. The van der Waals surface area contributed by atoms with Crippen LogP contribution in [0, 0.1) is 0 Å². The summed E-state index contributed by atoms with van der Waals surface area (Å²) in [5.41, 5.74) is 0. The Morgan fingerprint density at radius 3 is 1.02 bits per heavy atom. The summed E-state index contributed by atoms with van der Waals surface area (Å²) in [6, 6.07) is 0. The second-order valence-corrected chi connectivity index (χ2v) is 16.0. The molecule has 0 saturated heterocycles. The van der Waals surface area contributed by atoms with Crippen LogP contribution < -0.4 is 0 Å². The molecule has 0 aliphatic heterocycles. The van der Waals surface area contributed by atoms with Gasteiger partial charge in [0.25, 0.3) is 0 Å². The average molecular weight is 871 g/mol. The molecule has 6 heteroatoms. The molecule has 0 aliphatic carbocycles. The van der Waals surface area contributed by atoms with Crippen LogP contribution in [0.1, 0.15) is 201 Å². The van der Waals surface area contributed by atoms with Crippen LogP contribution in [0.15, 0.2) is 122 Å². The van der Waals surface area contributed by atoms with E-state index in [1.807, 2.05) is 0 Å². The van der Waals surface area contributed by atoms with Crippen LogP contribution in [0.5, 0.6) is 0 Å². The van der Waals surface area contributed by atoms with E-state index in [2.05, 4.69) is 142 Å². The number of allylic oxidation sites excluding steroid dienone is 20. The highest BCUT2D eigenvalue weighted by atomic mass is 16.6. The van der Waals surface area contributed by atoms with Gasteiger partial charge in [-0.25, -0.2) is 0 Å². The minimum Gasteiger partial charge on any atom is -0.462 e. The van der Waals surface area contributed by atoms with Crippen LogP contribution in [-0.4, -0.2) is 37.2 Å². The molecule has 0 radical (unpaired) electrons. The average Bonchev–Trinajstić information content (AvgIpc) is 3.28. The molecule has 0 aromatic heterocycles. The minimum atomic E-state index is -0.824. The number of unbranched alkanes of at least 4 members (excludes halogenated alkanes) is 12. The summed E-state index contributed by atoms with van der Waals surface area (Å²) in [5, 5.41) is 0. The lowest BCUT2D eigenvalue weighted by atomic mass is 10.1. The van der Waals surface area contributed by atoms with Gasteiger partial charge in [0.1, 0.15) is 13.2 Å². The van der Waals surface area contributed by atoms with Gasteiger partial charge in [0.2, 0.25) is 0 Å². The molecule has 0 aromatic rings. The van der Waals surface area contributed by atoms with E-state index < -0.39 is 6.10 Å². The Morgan fingerprint density at radius 2 is 0.635 bits per heavy atom. The van der Waals surface area contributed by atoms with Gasteiger partial charge in [-0.2, -0.15) is 0 Å². The molecule has 0 amide bonds. The van der Waals surface area contributed by atoms with Gasteiger partial charge in [0, 0.05) is 19.3 Å². The summed E-state index contributed by atoms with van der Waals surface area (Å²) >= 11 is 0. The van der Waals surface area contributed by atoms with Crippen molar-refractivity contribution in [3.8, 4) is 0 Å². The van der Waals surface area contributed by atoms with Crippen molar-refractivity contribution >= 4 is 17.9 Å². The monoisotopic (exact) mass is 871 g/mol. The first-order valence-electron chi connectivity index (χ1n) is 25.0. The van der Waals surface area contributed by atoms with Crippen molar-refractivity contribution in [3.63, 3.8) is 0 Å². The molecule has 0 saturated carbocycles. The molecule has 0 fully saturated rings. The lowest BCUT2D eigenvalue weighted by molar-refractivity contribution is -0.167. The third-order valence-electron chi connectivity index (χ3n) is 9.93. The van der Waals surface area contributed by atoms with Crippen molar-refractivity contribution in [2.75, 3.05) is 13.2 Å². The van der Waals surface area contributed by atoms with Crippen molar-refractivity contribution in [1.82, 2.24) is 0 Å². The predicted molar refractivity (Wildman–Crippen MR) is 269 cm³/mol. The number of esters is 3. The molecule has 6 nitrogen and oxygen atoms in total. The second kappa shape index (κ2) is 50.5. The first-order chi connectivity index (χ1) is 31.0. The van der Waals surface area contributed by atoms with Crippen LogP contribution in [0.25, 0.3) is 0 Å². The van der Waals surface area contributed by atoms with E-state index >= 15 is 0 Å². The van der Waals surface area contributed by atoms with Crippen molar-refractivity contribution in [2.24, 2.45) is 0 Å². The number of carbonyl (C=O) groups excluding carboxylic acids is 3. The topological polar surface area (TPSA) is 78.9 Å². The summed E-state index contributed by atoms with van der Waals surface area (Å²) in [6.45, 7) is 6.27. The Bertz CT molecular complexity index is 1370. The van der Waals surface area contributed by atoms with Gasteiger partial charge in [0.05, 0.1) is 0 Å². The third kappa shape index (κ3) is 48.7. The summed E-state index contributed by atoms with van der Waals surface area (Å²) < 4.78 is 16.7. The first kappa shape index (κ1) is 58.8. The zero-order valence-corrected chi connectivity index (χ0v) is 40.3. The molecule has 0 bridgehead atoms. The van der Waals surface area contributed by atoms with E-state index in [0.29, 0.717) is 12.8 Å². The quantitative estimate of drug-likeness (QED) is 0.0263. The molecule has 0 aliphatic rings. The number of ether oxygens (including phenoxy) is 3. The van der Waals surface area contributed by atoms with E-state index in [9.17, 15) is 14.4 Å². The van der Waals surface area contributed by atoms with E-state index in [1.54, 1.807) is 0 Å². The van der Waals surface area contributed by atoms with Crippen molar-refractivity contribution in [2.45, 2.75) is 207 Å². The maximum absolute atomic E-state index is 12.8. The Balaban J connectivity index is 4.57. The molecule has 0 aromatic carbocycles. The second-order valence-electron chi connectivity index (χ2n) is 16.0. The van der Waals surface area contributed by atoms with Crippen LogP contribution in [0.2, 0.25) is 0 Å². The molecule has 0 N–H and O–H groups in total. The SMILES string of the molecule is CC/C=C\C/C=C\C/C=C\CCCCCCC(=O)OCC(COC(=O)CCC/C=C\C/C=C\C/C=C\C/C=C\CCCCC)OC(=O)CCCCCC/C=C\C/C=C\C/C=C\CC. The van der Waals surface area contributed by atoms with Crippen LogP contribution in [0.3, 0.4) is 0 Å². The van der Waals surface area contributed by atoms with Crippen molar-refractivity contribution < 1.29 is 28.6 Å². The van der Waals surface area contributed by atoms with E-state index in [0.717, 1.165) is 128 Å². The number of rotatable bonds is 43. The lowest BCUT2D eigenvalue weighted by Gasteiger charge is -2.18. The fourth-order valence-corrected chi connectivity index (χ4v) is 6.23. The van der Waals surface area contributed by atoms with Crippen LogP contribution in [-0.2, 0) is 28.6 Å². The summed E-state index contributed by atoms with van der Waals surface area (Å²) in [7, 11) is 0. The van der Waals surface area contributed by atoms with Gasteiger partial charge >= 0.3 is 17.9 Å². The molecule has 0 heterocycles. The zero-order chi connectivity index (χ0) is 45.8. The molecule has 0 rings (SSSR count). The number of carbonyl (C=O) groups is 3. The van der Waals surface area contributed by atoms with Crippen molar-refractivity contribution in [3.05, 3.63) is 122 Å². The molecule has 1 atom stereocenters. The molecule has 354 valence electrons. The zero-order valence-electron chi connectivity index (χ0n) is 40.3. The minimum absolute atomic E-state index is 0.120. The van der Waals surface area contributed by atoms with Gasteiger partial charge in [0.15, 0.2) is 6.10 Å². The Labute approximate surface area is 386 Å². The van der Waals surface area contributed by atoms with Crippen LogP contribution in [0.4, 0.5) is 0 Å². The third-order valence-corrected chi connectivity index (χ3v) is 9.93. The highest BCUT2D eigenvalue weighted by Gasteiger charge is 2.19. The highest BCUT2D eigenvalue weighted by molar-refractivity contribution is 5.71. The van der Waals surface area contributed by atoms with Gasteiger partial charge in [-0.15, -0.1) is 0 Å². The standard InChI is InChI=1S/C57H90O6/c1-4-7-10-13-16-19-22-25-28-29-30-33-35-38-41-44-47-50-56(59)62-53-54(63-57(60)51-48-45-42-39-36-32-27-24-21-18-15-12-9-6-3)52-61-55(58)49-46-43-40-37-34-31-26-23-20-17-14-11-8-5-2/h8-9,11-12,16-21,25-28,30-33,38,41,54H,4-7,10,13-15,22-24,29,34-37,39-40,42-53H2,1-3H3/b11-8-,12-9-,19-16-,20-17-,21-18-,28-25-,31-26-,32-27-,33-30-,41-38-. The largest absolute Gasteiger partial charge is 0.462 e. The number of hydrogen-bond donors (Lipinski definition) is 0. The summed E-state index contributed by atoms with van der Waals surface area (Å²) in [5.74, 6) is -1.03. The summed E-state index contributed by atoms with van der Waals surface area (Å²) in [6.07, 6.45) is 69.0. The fraction of sp³-hybridized carbons (Fsp3) is 0.596. The molecule has 1 unspecified atom stereocenters. The van der Waals surface area contributed by atoms with E-state index in [-0.39, 0.29) is 44.0 Å². The molecule has 0 spiro atoms. The normalized spacial score (nSPS) is 13.1.